The first-order valence-electron chi connectivity index (χ1n) is 30.0. The summed E-state index contributed by atoms with van der Waals surface area (Å²) in [5.74, 6) is 1.65. The molecule has 1 aliphatic rings. The van der Waals surface area contributed by atoms with Gasteiger partial charge >= 0.3 is 0 Å². The Bertz CT molecular complexity index is 4420. The van der Waals surface area contributed by atoms with Gasteiger partial charge in [-0.25, -0.2) is 29.9 Å². The van der Waals surface area contributed by atoms with Crippen LogP contribution in [0.2, 0.25) is 0 Å². The molecule has 0 fully saturated rings. The van der Waals surface area contributed by atoms with Crippen molar-refractivity contribution < 1.29 is 0 Å². The fourth-order valence-electron chi connectivity index (χ4n) is 11.7. The van der Waals surface area contributed by atoms with Gasteiger partial charge in [-0.3, -0.25) is 4.90 Å². The first-order valence-corrected chi connectivity index (χ1v) is 30.0. The molecule has 0 atom stereocenters. The van der Waals surface area contributed by atoms with Crippen LogP contribution in [-0.4, -0.2) is 29.9 Å². The minimum Gasteiger partial charge on any atom is -0.306 e. The lowest BCUT2D eigenvalue weighted by Gasteiger charge is -2.40. The van der Waals surface area contributed by atoms with Crippen LogP contribution in [0.5, 0.6) is 0 Å². The highest BCUT2D eigenvalue weighted by Gasteiger charge is 2.36. The number of para-hydroxylation sites is 4. The van der Waals surface area contributed by atoms with Crippen molar-refractivity contribution in [3.8, 4) is 101 Å². The van der Waals surface area contributed by atoms with Crippen LogP contribution < -0.4 is 9.80 Å². The van der Waals surface area contributed by atoms with E-state index in [1.165, 1.54) is 11.1 Å². The van der Waals surface area contributed by atoms with Crippen molar-refractivity contribution in [1.82, 2.24) is 29.9 Å². The first-order chi connectivity index (χ1) is 42.9. The fraction of sp³-hybridized carbons (Fsp3) is 0.100. The van der Waals surface area contributed by atoms with Gasteiger partial charge < -0.3 is 4.90 Å². The maximum atomic E-state index is 5.79. The van der Waals surface area contributed by atoms with E-state index in [1.54, 1.807) is 0 Å². The Morgan fingerprint density at radius 2 is 0.534 bits per heavy atom. The molecule has 0 saturated heterocycles. The smallest absolute Gasteiger partial charge is 0.235 e. The third-order valence-electron chi connectivity index (χ3n) is 16.4. The third-order valence-corrected chi connectivity index (χ3v) is 16.4. The van der Waals surface area contributed by atoms with E-state index < -0.39 is 0 Å². The molecule has 0 aliphatic carbocycles. The van der Waals surface area contributed by atoms with E-state index >= 15 is 0 Å². The van der Waals surface area contributed by atoms with Gasteiger partial charge in [0, 0.05) is 44.5 Å². The molecular formula is C80H64N8. The van der Waals surface area contributed by atoms with Gasteiger partial charge in [-0.05, 0) is 82.1 Å². The summed E-state index contributed by atoms with van der Waals surface area (Å²) < 4.78 is 0. The molecule has 0 spiro atoms. The van der Waals surface area contributed by atoms with E-state index in [2.05, 4.69) is 294 Å². The quantitative estimate of drug-likeness (QED) is 0.127. The second kappa shape index (κ2) is 22.8. The molecule has 0 radical (unpaired) electrons. The van der Waals surface area contributed by atoms with Crippen LogP contribution in [0.3, 0.4) is 0 Å². The number of benzene rings is 10. The molecule has 4 heterocycles. The highest BCUT2D eigenvalue weighted by atomic mass is 15.3. The molecule has 13 aromatic rings. The number of fused-ring (bicyclic) bond motifs is 2. The van der Waals surface area contributed by atoms with Gasteiger partial charge in [-0.2, -0.15) is 0 Å². The van der Waals surface area contributed by atoms with E-state index in [0.29, 0.717) is 17.6 Å². The highest BCUT2D eigenvalue weighted by Crippen LogP contribution is 2.57. The van der Waals surface area contributed by atoms with Crippen LogP contribution in [0.15, 0.2) is 279 Å². The molecule has 88 heavy (non-hydrogen) atoms. The fourth-order valence-corrected chi connectivity index (χ4v) is 11.7. The third kappa shape index (κ3) is 10.7. The zero-order chi connectivity index (χ0) is 59.9. The predicted molar refractivity (Wildman–Crippen MR) is 362 cm³/mol. The van der Waals surface area contributed by atoms with Crippen molar-refractivity contribution >= 4 is 34.4 Å². The Morgan fingerprint density at radius 1 is 0.239 bits per heavy atom. The topological polar surface area (TPSA) is 83.8 Å². The molecule has 14 rings (SSSR count). The summed E-state index contributed by atoms with van der Waals surface area (Å²) in [6, 6.07) is 97.5. The summed E-state index contributed by atoms with van der Waals surface area (Å²) in [7, 11) is 0. The molecule has 0 amide bonds. The molecule has 8 nitrogen and oxygen atoms in total. The number of anilines is 6. The van der Waals surface area contributed by atoms with Gasteiger partial charge in [0.1, 0.15) is 0 Å². The zero-order valence-electron chi connectivity index (χ0n) is 50.1. The van der Waals surface area contributed by atoms with E-state index in [1.807, 2.05) is 36.4 Å². The molecule has 10 aromatic carbocycles. The van der Waals surface area contributed by atoms with E-state index in [0.717, 1.165) is 118 Å². The molecule has 3 aromatic heterocycles. The van der Waals surface area contributed by atoms with Gasteiger partial charge in [0.15, 0.2) is 11.6 Å². The number of nitrogens with zero attached hydrogens (tertiary/aromatic N) is 8. The normalized spacial score (nSPS) is 12.2. The highest BCUT2D eigenvalue weighted by molar-refractivity contribution is 6.07. The van der Waals surface area contributed by atoms with Crippen molar-refractivity contribution in [3.05, 3.63) is 290 Å². The van der Waals surface area contributed by atoms with Crippen molar-refractivity contribution in [2.45, 2.75) is 52.4 Å². The maximum absolute atomic E-state index is 5.79. The summed E-state index contributed by atoms with van der Waals surface area (Å²) in [6.45, 7) is 13.8. The Balaban J connectivity index is 1.12. The average Bonchev–Trinajstić information content (AvgIpc) is 0.805. The number of aromatic nitrogens is 6. The molecule has 0 unspecified atom stereocenters. The summed E-state index contributed by atoms with van der Waals surface area (Å²) in [6.07, 6.45) is 0. The summed E-state index contributed by atoms with van der Waals surface area (Å²) in [5.41, 5.74) is 20.6. The van der Waals surface area contributed by atoms with Crippen molar-refractivity contribution in [3.63, 3.8) is 0 Å². The largest absolute Gasteiger partial charge is 0.306 e. The first kappa shape index (κ1) is 54.9. The lowest BCUT2D eigenvalue weighted by atomic mass is 9.78. The maximum Gasteiger partial charge on any atom is 0.235 e. The van der Waals surface area contributed by atoms with E-state index in [9.17, 15) is 0 Å². The molecule has 424 valence electrons. The van der Waals surface area contributed by atoms with Crippen LogP contribution in [0, 0.1) is 0 Å². The van der Waals surface area contributed by atoms with Gasteiger partial charge in [-0.1, -0.05) is 266 Å². The van der Waals surface area contributed by atoms with Crippen LogP contribution in [0.1, 0.15) is 52.7 Å². The number of hydrogen-bond donors (Lipinski definition) is 0. The molecule has 8 heteroatoms. The Labute approximate surface area is 515 Å². The van der Waals surface area contributed by atoms with Crippen LogP contribution in [-0.2, 0) is 10.8 Å². The lowest BCUT2D eigenvalue weighted by Crippen LogP contribution is -2.26. The van der Waals surface area contributed by atoms with Crippen LogP contribution >= 0.6 is 0 Å². The number of hydrogen-bond acceptors (Lipinski definition) is 8. The van der Waals surface area contributed by atoms with Gasteiger partial charge in [0.05, 0.1) is 68.2 Å². The molecule has 1 aliphatic heterocycles. The Hall–Kier alpha value is -11.0. The minimum absolute atomic E-state index is 0.239. The van der Waals surface area contributed by atoms with Gasteiger partial charge in [0.2, 0.25) is 5.95 Å². The van der Waals surface area contributed by atoms with Gasteiger partial charge in [0.25, 0.3) is 0 Å². The zero-order valence-corrected chi connectivity index (χ0v) is 50.1. The average molecular weight is 1140 g/mol. The van der Waals surface area contributed by atoms with Gasteiger partial charge in [-0.15, -0.1) is 0 Å². The Morgan fingerprint density at radius 3 is 0.864 bits per heavy atom. The van der Waals surface area contributed by atoms with Crippen molar-refractivity contribution in [2.24, 2.45) is 0 Å². The molecule has 0 saturated carbocycles. The summed E-state index contributed by atoms with van der Waals surface area (Å²) >= 11 is 0. The van der Waals surface area contributed by atoms with Crippen molar-refractivity contribution in [2.75, 3.05) is 9.80 Å². The Kier molecular flexibility index (Phi) is 14.2. The molecule has 0 bridgehead atoms. The second-order valence-corrected chi connectivity index (χ2v) is 24.4. The lowest BCUT2D eigenvalue weighted by molar-refractivity contribution is 0.569. The summed E-state index contributed by atoms with van der Waals surface area (Å²) in [4.78, 5) is 38.4. The minimum atomic E-state index is -0.239. The predicted octanol–water partition coefficient (Wildman–Crippen LogP) is 20.9. The summed E-state index contributed by atoms with van der Waals surface area (Å²) in [5, 5.41) is 0. The van der Waals surface area contributed by atoms with Crippen LogP contribution in [0.25, 0.3) is 101 Å². The standard InChI is InChI=1S/C80H64N8/c1-79(2,3)60-47-59(48-61(49-60)80(4,5)6)74-62(76-81-63(53-29-13-7-14-30-53)50-64(82-76)54-31-15-8-16-32-54)45-46-73(75(74)77-83-65(55-33-17-9-18-34-55)51-66(84-77)56-35-19-10-20-36-56)87-69-41-25-27-43-71(69)88(72-44-28-26-42-70(72)87)78-85-67(57-37-21-11-22-38-57)52-68(86-78)58-39-23-12-24-40-58/h7-52H,1-6H3. The van der Waals surface area contributed by atoms with E-state index in [-0.39, 0.29) is 10.8 Å². The molecule has 0 N–H and O–H groups in total. The molecular weight excluding hydrogens is 1070 g/mol. The SMILES string of the molecule is CC(C)(C)c1cc(-c2c(-c3nc(-c4ccccc4)cc(-c4ccccc4)n3)ccc(N3c4ccccc4N(c4nc(-c5ccccc5)cc(-c5ccccc5)n4)c4ccccc43)c2-c2nc(-c3ccccc3)cc(-c3ccccc3)n2)cc(C(C)(C)C)c1. The monoisotopic (exact) mass is 1140 g/mol. The van der Waals surface area contributed by atoms with Crippen molar-refractivity contribution in [1.29, 1.82) is 0 Å². The van der Waals surface area contributed by atoms with Crippen LogP contribution in [0.4, 0.5) is 34.4 Å². The number of rotatable bonds is 11. The second-order valence-electron chi connectivity index (χ2n) is 24.4. The van der Waals surface area contributed by atoms with E-state index in [4.69, 9.17) is 29.9 Å².